The van der Waals surface area contributed by atoms with E-state index in [1.165, 1.54) is 18.3 Å². The van der Waals surface area contributed by atoms with Crippen LogP contribution < -0.4 is 10.0 Å². The lowest BCUT2D eigenvalue weighted by Crippen LogP contribution is -2.13. The molecule has 1 aliphatic rings. The van der Waals surface area contributed by atoms with E-state index in [-0.39, 0.29) is 23.1 Å². The van der Waals surface area contributed by atoms with E-state index >= 15 is 0 Å². The molecule has 1 amide bonds. The molecule has 25 heavy (non-hydrogen) atoms. The van der Waals surface area contributed by atoms with Gasteiger partial charge in [-0.1, -0.05) is 35.5 Å². The fourth-order valence-corrected chi connectivity index (χ4v) is 3.74. The number of amides is 1. The standard InChI is InChI=1S/C17H13N3O4S/c21-16-9-12-8-13(6-7-15(12)19-16)25(22,23)20-17-14(10-18-24-17)11-4-2-1-3-5-11/h1-8,10,20H,9H2,(H,19,21). The van der Waals surface area contributed by atoms with E-state index in [0.29, 0.717) is 16.8 Å². The SMILES string of the molecule is O=C1Cc2cc(S(=O)(=O)Nc3oncc3-c3ccccc3)ccc2N1. The van der Waals surface area contributed by atoms with Crippen LogP contribution in [0.15, 0.2) is 64.1 Å². The van der Waals surface area contributed by atoms with Gasteiger partial charge in [0.1, 0.15) is 0 Å². The first-order chi connectivity index (χ1) is 12.0. The quantitative estimate of drug-likeness (QED) is 0.749. The zero-order valence-electron chi connectivity index (χ0n) is 12.9. The van der Waals surface area contributed by atoms with Gasteiger partial charge in [-0.05, 0) is 29.3 Å². The van der Waals surface area contributed by atoms with Gasteiger partial charge in [-0.15, -0.1) is 0 Å². The molecule has 126 valence electrons. The lowest BCUT2D eigenvalue weighted by atomic mass is 10.1. The van der Waals surface area contributed by atoms with Crippen molar-refractivity contribution >= 4 is 27.5 Å². The van der Waals surface area contributed by atoms with E-state index in [4.69, 9.17) is 4.52 Å². The maximum Gasteiger partial charge on any atom is 0.264 e. The molecule has 2 heterocycles. The van der Waals surface area contributed by atoms with E-state index in [9.17, 15) is 13.2 Å². The van der Waals surface area contributed by atoms with Crippen LogP contribution in [-0.2, 0) is 21.2 Å². The summed E-state index contributed by atoms with van der Waals surface area (Å²) in [7, 11) is -3.88. The number of benzene rings is 2. The van der Waals surface area contributed by atoms with Crippen molar-refractivity contribution in [2.75, 3.05) is 10.0 Å². The Labute approximate surface area is 143 Å². The molecule has 8 heteroatoms. The Hall–Kier alpha value is -3.13. The molecule has 0 saturated heterocycles. The summed E-state index contributed by atoms with van der Waals surface area (Å²) in [6, 6.07) is 13.7. The molecule has 0 aliphatic carbocycles. The molecule has 0 radical (unpaired) electrons. The van der Waals surface area contributed by atoms with Crippen LogP contribution in [0.2, 0.25) is 0 Å². The smallest absolute Gasteiger partial charge is 0.264 e. The third kappa shape index (κ3) is 2.87. The van der Waals surface area contributed by atoms with Gasteiger partial charge in [0.25, 0.3) is 10.0 Å². The molecule has 1 aromatic heterocycles. The number of fused-ring (bicyclic) bond motifs is 1. The van der Waals surface area contributed by atoms with Gasteiger partial charge in [0.05, 0.1) is 23.1 Å². The Morgan fingerprint density at radius 1 is 1.12 bits per heavy atom. The van der Waals surface area contributed by atoms with Crippen LogP contribution >= 0.6 is 0 Å². The number of hydrogen-bond donors (Lipinski definition) is 2. The van der Waals surface area contributed by atoms with E-state index in [2.05, 4.69) is 15.2 Å². The topological polar surface area (TPSA) is 101 Å². The molecule has 0 saturated carbocycles. The van der Waals surface area contributed by atoms with E-state index in [0.717, 1.165) is 5.56 Å². The normalized spacial score (nSPS) is 13.4. The summed E-state index contributed by atoms with van der Waals surface area (Å²) >= 11 is 0. The lowest BCUT2D eigenvalue weighted by molar-refractivity contribution is -0.115. The number of nitrogens with zero attached hydrogens (tertiary/aromatic N) is 1. The molecule has 0 fully saturated rings. The summed E-state index contributed by atoms with van der Waals surface area (Å²) in [5.41, 5.74) is 2.61. The highest BCUT2D eigenvalue weighted by Crippen LogP contribution is 2.31. The number of aromatic nitrogens is 1. The molecular weight excluding hydrogens is 342 g/mol. The molecule has 0 bridgehead atoms. The number of carbonyl (C=O) groups excluding carboxylic acids is 1. The molecule has 4 rings (SSSR count). The number of anilines is 2. The summed E-state index contributed by atoms with van der Waals surface area (Å²) in [5, 5.41) is 6.36. The number of nitrogens with one attached hydrogen (secondary N) is 2. The van der Waals surface area contributed by atoms with Gasteiger partial charge in [0.2, 0.25) is 11.8 Å². The summed E-state index contributed by atoms with van der Waals surface area (Å²) in [6.07, 6.45) is 1.62. The fraction of sp³-hybridized carbons (Fsp3) is 0.0588. The van der Waals surface area contributed by atoms with Crippen LogP contribution in [0.25, 0.3) is 11.1 Å². The highest BCUT2D eigenvalue weighted by molar-refractivity contribution is 7.92. The molecule has 2 N–H and O–H groups in total. The number of carbonyl (C=O) groups is 1. The van der Waals surface area contributed by atoms with Crippen molar-refractivity contribution in [3.8, 4) is 11.1 Å². The van der Waals surface area contributed by atoms with E-state index in [1.807, 2.05) is 30.3 Å². The predicted octanol–water partition coefficient (Wildman–Crippen LogP) is 2.64. The molecular formula is C17H13N3O4S. The van der Waals surface area contributed by atoms with E-state index in [1.54, 1.807) is 6.07 Å². The average Bonchev–Trinajstić information content (AvgIpc) is 3.19. The second-order valence-corrected chi connectivity index (χ2v) is 7.27. The molecule has 0 atom stereocenters. The fourth-order valence-electron chi connectivity index (χ4n) is 2.69. The Bertz CT molecular complexity index is 1060. The van der Waals surface area contributed by atoms with Crippen LogP contribution in [0.5, 0.6) is 0 Å². The second kappa shape index (κ2) is 5.75. The highest BCUT2D eigenvalue weighted by atomic mass is 32.2. The van der Waals surface area contributed by atoms with Crippen molar-refractivity contribution in [1.29, 1.82) is 0 Å². The van der Waals surface area contributed by atoms with Crippen molar-refractivity contribution in [3.63, 3.8) is 0 Å². The van der Waals surface area contributed by atoms with Crippen molar-refractivity contribution in [3.05, 3.63) is 60.3 Å². The molecule has 7 nitrogen and oxygen atoms in total. The predicted molar refractivity (Wildman–Crippen MR) is 91.5 cm³/mol. The molecule has 0 spiro atoms. The first-order valence-corrected chi connectivity index (χ1v) is 8.97. The van der Waals surface area contributed by atoms with Gasteiger partial charge in [0, 0.05) is 5.69 Å². The Balaban J connectivity index is 1.67. The molecule has 1 aliphatic heterocycles. The first-order valence-electron chi connectivity index (χ1n) is 7.49. The average molecular weight is 355 g/mol. The van der Waals surface area contributed by atoms with Crippen LogP contribution in [0, 0.1) is 0 Å². The Morgan fingerprint density at radius 2 is 1.92 bits per heavy atom. The Morgan fingerprint density at radius 3 is 2.72 bits per heavy atom. The van der Waals surface area contributed by atoms with E-state index < -0.39 is 10.0 Å². The van der Waals surface area contributed by atoms with Gasteiger partial charge in [-0.2, -0.15) is 0 Å². The van der Waals surface area contributed by atoms with Crippen molar-refractivity contribution < 1.29 is 17.7 Å². The largest absolute Gasteiger partial charge is 0.337 e. The van der Waals surface area contributed by atoms with Gasteiger partial charge in [0.15, 0.2) is 0 Å². The monoisotopic (exact) mass is 355 g/mol. The first kappa shape index (κ1) is 15.4. The van der Waals surface area contributed by atoms with Crippen molar-refractivity contribution in [2.45, 2.75) is 11.3 Å². The summed E-state index contributed by atoms with van der Waals surface area (Å²) < 4.78 is 32.8. The molecule has 0 unspecified atom stereocenters. The Kier molecular flexibility index (Phi) is 3.54. The number of rotatable bonds is 4. The summed E-state index contributed by atoms with van der Waals surface area (Å²) in [4.78, 5) is 11.5. The van der Waals surface area contributed by atoms with Gasteiger partial charge in [-0.25, -0.2) is 13.1 Å². The van der Waals surface area contributed by atoms with Gasteiger partial charge >= 0.3 is 0 Å². The zero-order chi connectivity index (χ0) is 17.4. The van der Waals surface area contributed by atoms with Gasteiger partial charge in [-0.3, -0.25) is 4.79 Å². The minimum atomic E-state index is -3.88. The van der Waals surface area contributed by atoms with Gasteiger partial charge < -0.3 is 9.84 Å². The lowest BCUT2D eigenvalue weighted by Gasteiger charge is -2.08. The van der Waals surface area contributed by atoms with Crippen LogP contribution in [0.3, 0.4) is 0 Å². The number of hydrogen-bond acceptors (Lipinski definition) is 5. The maximum absolute atomic E-state index is 12.7. The molecule has 3 aromatic rings. The number of sulfonamides is 1. The van der Waals surface area contributed by atoms with Crippen LogP contribution in [0.1, 0.15) is 5.56 Å². The van der Waals surface area contributed by atoms with Crippen molar-refractivity contribution in [1.82, 2.24) is 5.16 Å². The maximum atomic E-state index is 12.7. The minimum Gasteiger partial charge on any atom is -0.337 e. The highest BCUT2D eigenvalue weighted by Gasteiger charge is 2.24. The summed E-state index contributed by atoms with van der Waals surface area (Å²) in [6.45, 7) is 0. The minimum absolute atomic E-state index is 0.0425. The van der Waals surface area contributed by atoms with Crippen molar-refractivity contribution in [2.24, 2.45) is 0 Å². The third-order valence-electron chi connectivity index (χ3n) is 3.89. The molecule has 2 aromatic carbocycles. The second-order valence-electron chi connectivity index (χ2n) is 5.58. The summed E-state index contributed by atoms with van der Waals surface area (Å²) in [5.74, 6) is -0.111. The third-order valence-corrected chi connectivity index (χ3v) is 5.22. The van der Waals surface area contributed by atoms with Crippen LogP contribution in [0.4, 0.5) is 11.6 Å². The zero-order valence-corrected chi connectivity index (χ0v) is 13.7. The van der Waals surface area contributed by atoms with Crippen LogP contribution in [-0.4, -0.2) is 19.5 Å².